The molecular weight excluding hydrogens is 232 g/mol. The number of nitrogen functional groups attached to an aromatic ring is 1. The predicted molar refractivity (Wildman–Crippen MR) is 68.3 cm³/mol. The van der Waals surface area contributed by atoms with Gasteiger partial charge in [-0.3, -0.25) is 4.79 Å². The fourth-order valence-electron chi connectivity index (χ4n) is 2.00. The Morgan fingerprint density at radius 2 is 2.17 bits per heavy atom. The normalized spacial score (nSPS) is 17.6. The van der Waals surface area contributed by atoms with Crippen LogP contribution in [0.5, 0.6) is 5.88 Å². The summed E-state index contributed by atoms with van der Waals surface area (Å²) in [5.41, 5.74) is 11.4. The number of rotatable bonds is 3. The van der Waals surface area contributed by atoms with Gasteiger partial charge in [0.1, 0.15) is 6.10 Å². The van der Waals surface area contributed by atoms with Crippen molar-refractivity contribution >= 4 is 11.6 Å². The molecule has 2 heterocycles. The number of carbonyl (C=O) groups excluding carboxylic acids is 1. The maximum Gasteiger partial charge on any atom is 0.251 e. The molecule has 0 unspecified atom stereocenters. The second-order valence-electron chi connectivity index (χ2n) is 4.59. The third-order valence-electron chi connectivity index (χ3n) is 3.13. The highest BCUT2D eigenvalue weighted by Gasteiger charge is 2.19. The van der Waals surface area contributed by atoms with E-state index in [1.165, 1.54) is 12.3 Å². The minimum Gasteiger partial charge on any atom is -0.474 e. The lowest BCUT2D eigenvalue weighted by atomic mass is 10.1. The fourth-order valence-corrected chi connectivity index (χ4v) is 2.00. The first kappa shape index (κ1) is 12.6. The van der Waals surface area contributed by atoms with Crippen molar-refractivity contribution in [1.82, 2.24) is 9.88 Å². The minimum absolute atomic E-state index is 0.137. The van der Waals surface area contributed by atoms with Crippen LogP contribution in [0.15, 0.2) is 12.3 Å². The van der Waals surface area contributed by atoms with E-state index in [1.54, 1.807) is 0 Å². The zero-order valence-electron chi connectivity index (χ0n) is 10.4. The van der Waals surface area contributed by atoms with Crippen LogP contribution in [0.4, 0.5) is 5.69 Å². The number of hydrogen-bond acceptors (Lipinski definition) is 5. The Labute approximate surface area is 106 Å². The Kier molecular flexibility index (Phi) is 3.66. The van der Waals surface area contributed by atoms with Crippen LogP contribution in [0.3, 0.4) is 0 Å². The Morgan fingerprint density at radius 3 is 2.78 bits per heavy atom. The molecule has 6 heteroatoms. The third-order valence-corrected chi connectivity index (χ3v) is 3.13. The van der Waals surface area contributed by atoms with Crippen LogP contribution in [0, 0.1) is 0 Å². The van der Waals surface area contributed by atoms with E-state index >= 15 is 0 Å². The summed E-state index contributed by atoms with van der Waals surface area (Å²) in [6.07, 6.45) is 3.45. The van der Waals surface area contributed by atoms with Crippen LogP contribution in [0.25, 0.3) is 0 Å². The second kappa shape index (κ2) is 5.22. The molecule has 0 atom stereocenters. The van der Waals surface area contributed by atoms with Crippen LogP contribution >= 0.6 is 0 Å². The summed E-state index contributed by atoms with van der Waals surface area (Å²) in [4.78, 5) is 17.5. The van der Waals surface area contributed by atoms with Crippen LogP contribution in [-0.2, 0) is 0 Å². The number of likely N-dealkylation sites (tertiary alicyclic amines) is 1. The van der Waals surface area contributed by atoms with Crippen LogP contribution in [-0.4, -0.2) is 42.0 Å². The zero-order chi connectivity index (χ0) is 13.1. The van der Waals surface area contributed by atoms with Gasteiger partial charge in [-0.1, -0.05) is 0 Å². The number of ether oxygens (including phenoxy) is 1. The molecule has 1 aromatic heterocycles. The topological polar surface area (TPSA) is 94.5 Å². The number of hydrogen-bond donors (Lipinski definition) is 2. The summed E-state index contributed by atoms with van der Waals surface area (Å²) in [6.45, 7) is 2.00. The number of aromatic nitrogens is 1. The molecule has 4 N–H and O–H groups in total. The predicted octanol–water partition coefficient (Wildman–Crippen LogP) is 0.236. The van der Waals surface area contributed by atoms with E-state index < -0.39 is 5.91 Å². The van der Waals surface area contributed by atoms with Crippen molar-refractivity contribution in [2.24, 2.45) is 5.73 Å². The van der Waals surface area contributed by atoms with E-state index in [0.29, 0.717) is 5.88 Å². The van der Waals surface area contributed by atoms with E-state index in [1.807, 2.05) is 0 Å². The molecule has 0 saturated carbocycles. The highest BCUT2D eigenvalue weighted by atomic mass is 16.5. The molecule has 0 spiro atoms. The molecule has 2 rings (SSSR count). The van der Waals surface area contributed by atoms with Gasteiger partial charge in [0.05, 0.1) is 17.4 Å². The molecule has 1 fully saturated rings. The van der Waals surface area contributed by atoms with E-state index in [4.69, 9.17) is 16.2 Å². The summed E-state index contributed by atoms with van der Waals surface area (Å²) in [6, 6.07) is 1.51. The summed E-state index contributed by atoms with van der Waals surface area (Å²) in [5.74, 6) is -0.157. The van der Waals surface area contributed by atoms with Crippen molar-refractivity contribution in [3.05, 3.63) is 17.8 Å². The van der Waals surface area contributed by atoms with Crippen molar-refractivity contribution in [2.45, 2.75) is 18.9 Å². The number of primary amides is 1. The van der Waals surface area contributed by atoms with Gasteiger partial charge in [-0.2, -0.15) is 0 Å². The maximum atomic E-state index is 11.2. The number of pyridine rings is 1. The number of piperidine rings is 1. The van der Waals surface area contributed by atoms with Gasteiger partial charge >= 0.3 is 0 Å². The lowest BCUT2D eigenvalue weighted by molar-refractivity contribution is 0.0994. The smallest absolute Gasteiger partial charge is 0.251 e. The van der Waals surface area contributed by atoms with Gasteiger partial charge in [0, 0.05) is 19.2 Å². The fraction of sp³-hybridized carbons (Fsp3) is 0.500. The SMILES string of the molecule is CN1CCC(Oc2cc(C(N)=O)c(N)cn2)CC1. The van der Waals surface area contributed by atoms with Gasteiger partial charge in [0.25, 0.3) is 5.91 Å². The first-order valence-corrected chi connectivity index (χ1v) is 5.97. The molecule has 1 aliphatic heterocycles. The third kappa shape index (κ3) is 2.89. The van der Waals surface area contributed by atoms with E-state index in [2.05, 4.69) is 16.9 Å². The summed E-state index contributed by atoms with van der Waals surface area (Å²) < 4.78 is 5.75. The average Bonchev–Trinajstić information content (AvgIpc) is 2.34. The molecular formula is C12H18N4O2. The highest BCUT2D eigenvalue weighted by molar-refractivity contribution is 5.97. The summed E-state index contributed by atoms with van der Waals surface area (Å²) in [7, 11) is 2.09. The van der Waals surface area contributed by atoms with Gasteiger partial charge in [0.2, 0.25) is 5.88 Å². The Bertz CT molecular complexity index is 442. The second-order valence-corrected chi connectivity index (χ2v) is 4.59. The van der Waals surface area contributed by atoms with Gasteiger partial charge in [-0.15, -0.1) is 0 Å². The Balaban J connectivity index is 2.05. The van der Waals surface area contributed by atoms with Crippen LogP contribution in [0.1, 0.15) is 23.2 Å². The molecule has 0 aliphatic carbocycles. The molecule has 18 heavy (non-hydrogen) atoms. The van der Waals surface area contributed by atoms with Crippen molar-refractivity contribution in [3.63, 3.8) is 0 Å². The first-order chi connectivity index (χ1) is 8.56. The minimum atomic E-state index is -0.567. The van der Waals surface area contributed by atoms with Crippen molar-refractivity contribution < 1.29 is 9.53 Å². The maximum absolute atomic E-state index is 11.2. The van der Waals surface area contributed by atoms with Crippen LogP contribution < -0.4 is 16.2 Å². The molecule has 0 bridgehead atoms. The molecule has 1 amide bonds. The number of carbonyl (C=O) groups is 1. The zero-order valence-corrected chi connectivity index (χ0v) is 10.4. The Hall–Kier alpha value is -1.82. The van der Waals surface area contributed by atoms with Gasteiger partial charge in [0.15, 0.2) is 0 Å². The molecule has 98 valence electrons. The molecule has 1 aliphatic rings. The number of anilines is 1. The number of nitrogens with zero attached hydrogens (tertiary/aromatic N) is 2. The number of amides is 1. The van der Waals surface area contributed by atoms with E-state index in [0.717, 1.165) is 25.9 Å². The van der Waals surface area contributed by atoms with Gasteiger partial charge in [-0.05, 0) is 19.9 Å². The quantitative estimate of drug-likeness (QED) is 0.801. The largest absolute Gasteiger partial charge is 0.474 e. The standard InChI is InChI=1S/C12H18N4O2/c1-16-4-2-8(3-5-16)18-11-6-9(12(14)17)10(13)7-15-11/h6-8H,2-5,13H2,1H3,(H2,14,17). The molecule has 1 aromatic rings. The lowest BCUT2D eigenvalue weighted by Gasteiger charge is -2.28. The monoisotopic (exact) mass is 250 g/mol. The van der Waals surface area contributed by atoms with Crippen molar-refractivity contribution in [1.29, 1.82) is 0 Å². The summed E-state index contributed by atoms with van der Waals surface area (Å²) >= 11 is 0. The lowest BCUT2D eigenvalue weighted by Crippen LogP contribution is -2.35. The average molecular weight is 250 g/mol. The Morgan fingerprint density at radius 1 is 1.50 bits per heavy atom. The van der Waals surface area contributed by atoms with Crippen molar-refractivity contribution in [2.75, 3.05) is 25.9 Å². The molecule has 6 nitrogen and oxygen atoms in total. The van der Waals surface area contributed by atoms with Gasteiger partial charge in [-0.25, -0.2) is 4.98 Å². The number of nitrogens with two attached hydrogens (primary N) is 2. The van der Waals surface area contributed by atoms with E-state index in [9.17, 15) is 4.79 Å². The molecule has 0 radical (unpaired) electrons. The molecule has 1 saturated heterocycles. The highest BCUT2D eigenvalue weighted by Crippen LogP contribution is 2.20. The van der Waals surface area contributed by atoms with Crippen molar-refractivity contribution in [3.8, 4) is 5.88 Å². The first-order valence-electron chi connectivity index (χ1n) is 5.97. The molecule has 0 aromatic carbocycles. The van der Waals surface area contributed by atoms with E-state index in [-0.39, 0.29) is 17.4 Å². The van der Waals surface area contributed by atoms with Crippen LogP contribution in [0.2, 0.25) is 0 Å². The van der Waals surface area contributed by atoms with Gasteiger partial charge < -0.3 is 21.1 Å². The summed E-state index contributed by atoms with van der Waals surface area (Å²) in [5, 5.41) is 0.